The van der Waals surface area contributed by atoms with Gasteiger partial charge in [0, 0.05) is 28.8 Å². The molecule has 1 fully saturated rings. The van der Waals surface area contributed by atoms with Crippen LogP contribution in [0.2, 0.25) is 19.6 Å². The fraction of sp³-hybridized carbons (Fsp3) is 0.652. The van der Waals surface area contributed by atoms with Gasteiger partial charge >= 0.3 is 0 Å². The summed E-state index contributed by atoms with van der Waals surface area (Å²) in [4.78, 5) is 1.30. The van der Waals surface area contributed by atoms with Gasteiger partial charge in [-0.15, -0.1) is 11.8 Å². The number of rotatable bonds is 11. The van der Waals surface area contributed by atoms with Gasteiger partial charge in [-0.25, -0.2) is 0 Å². The fourth-order valence-electron chi connectivity index (χ4n) is 4.00. The highest BCUT2D eigenvalue weighted by molar-refractivity contribution is 8.00. The predicted molar refractivity (Wildman–Crippen MR) is 121 cm³/mol. The normalized spacial score (nSPS) is 24.6. The van der Waals surface area contributed by atoms with Crippen molar-refractivity contribution >= 4 is 20.1 Å². The average molecular weight is 407 g/mol. The number of benzene rings is 1. The first-order valence-electron chi connectivity index (χ1n) is 10.6. The van der Waals surface area contributed by atoms with E-state index in [0.717, 1.165) is 19.3 Å². The molecular formula is C23H38O2SSi. The number of allylic oxidation sites excluding steroid dienone is 1. The molecule has 152 valence electrons. The maximum Gasteiger partial charge on any atom is 0.184 e. The van der Waals surface area contributed by atoms with Crippen LogP contribution in [0.5, 0.6) is 0 Å². The highest BCUT2D eigenvalue weighted by Crippen LogP contribution is 2.44. The third-order valence-electron chi connectivity index (χ3n) is 5.23. The third-order valence-corrected chi connectivity index (χ3v) is 7.53. The van der Waals surface area contributed by atoms with Crippen molar-refractivity contribution in [2.45, 2.75) is 81.3 Å². The Bertz CT molecular complexity index is 555. The first-order chi connectivity index (χ1) is 12.9. The maximum absolute atomic E-state index is 10.0. The Balaban J connectivity index is 2.18. The molecule has 1 aromatic carbocycles. The Morgan fingerprint density at radius 3 is 2.56 bits per heavy atom. The van der Waals surface area contributed by atoms with Crippen molar-refractivity contribution in [3.05, 3.63) is 42.5 Å². The lowest BCUT2D eigenvalue weighted by Gasteiger charge is -2.34. The van der Waals surface area contributed by atoms with Crippen molar-refractivity contribution in [2.24, 2.45) is 11.8 Å². The van der Waals surface area contributed by atoms with E-state index in [-0.39, 0.29) is 12.7 Å². The van der Waals surface area contributed by atoms with E-state index >= 15 is 0 Å². The Morgan fingerprint density at radius 2 is 1.93 bits per heavy atom. The molecule has 0 radical (unpaired) electrons. The van der Waals surface area contributed by atoms with Crippen LogP contribution >= 0.6 is 11.8 Å². The average Bonchev–Trinajstić information content (AvgIpc) is 3.02. The summed E-state index contributed by atoms with van der Waals surface area (Å²) in [5.41, 5.74) is 0. The molecule has 0 aromatic heterocycles. The number of unbranched alkanes of at least 4 members (excludes halogenated alkanes) is 3. The molecule has 1 aromatic rings. The van der Waals surface area contributed by atoms with Gasteiger partial charge in [0.2, 0.25) is 0 Å². The minimum Gasteiger partial charge on any atom is -0.414 e. The second-order valence-electron chi connectivity index (χ2n) is 8.69. The number of hydrogen-bond donors (Lipinski definition) is 1. The minimum atomic E-state index is -1.61. The minimum absolute atomic E-state index is 0.270. The van der Waals surface area contributed by atoms with Gasteiger partial charge in [-0.2, -0.15) is 0 Å². The zero-order valence-corrected chi connectivity index (χ0v) is 19.4. The molecule has 0 bridgehead atoms. The molecule has 27 heavy (non-hydrogen) atoms. The first-order valence-corrected chi connectivity index (χ1v) is 14.9. The van der Waals surface area contributed by atoms with Gasteiger partial charge in [0.15, 0.2) is 8.32 Å². The Morgan fingerprint density at radius 1 is 1.19 bits per heavy atom. The van der Waals surface area contributed by atoms with Crippen LogP contribution in [0, 0.1) is 11.8 Å². The van der Waals surface area contributed by atoms with Crippen LogP contribution in [-0.4, -0.2) is 31.4 Å². The van der Waals surface area contributed by atoms with Crippen molar-refractivity contribution in [2.75, 3.05) is 6.61 Å². The van der Waals surface area contributed by atoms with Crippen molar-refractivity contribution in [3.63, 3.8) is 0 Å². The molecule has 4 atom stereocenters. The van der Waals surface area contributed by atoms with Crippen LogP contribution in [0.1, 0.15) is 45.4 Å². The molecule has 2 nitrogen and oxygen atoms in total. The van der Waals surface area contributed by atoms with Crippen molar-refractivity contribution < 1.29 is 9.53 Å². The molecule has 0 spiro atoms. The highest BCUT2D eigenvalue weighted by Gasteiger charge is 2.42. The number of hydrogen-bond acceptors (Lipinski definition) is 3. The SMILES string of the molecule is CCCCC/C=C/C(Sc1ccccc1)C1C(CO)CCC1O[Si](C)(C)C. The molecule has 1 aliphatic carbocycles. The zero-order chi connectivity index (χ0) is 19.7. The Hall–Kier alpha value is -0.553. The lowest BCUT2D eigenvalue weighted by molar-refractivity contribution is 0.115. The van der Waals surface area contributed by atoms with Gasteiger partial charge in [0.1, 0.15) is 0 Å². The van der Waals surface area contributed by atoms with Crippen molar-refractivity contribution in [3.8, 4) is 0 Å². The molecular weight excluding hydrogens is 368 g/mol. The van der Waals surface area contributed by atoms with Crippen LogP contribution in [0.3, 0.4) is 0 Å². The third kappa shape index (κ3) is 7.76. The van der Waals surface area contributed by atoms with E-state index in [9.17, 15) is 5.11 Å². The van der Waals surface area contributed by atoms with Crippen LogP contribution in [0.25, 0.3) is 0 Å². The van der Waals surface area contributed by atoms with E-state index in [1.165, 1.54) is 24.2 Å². The molecule has 2 rings (SSSR count). The van der Waals surface area contributed by atoms with Crippen LogP contribution in [0.15, 0.2) is 47.4 Å². The monoisotopic (exact) mass is 406 g/mol. The largest absolute Gasteiger partial charge is 0.414 e. The molecule has 1 aliphatic rings. The summed E-state index contributed by atoms with van der Waals surface area (Å²) in [6.07, 6.45) is 12.2. The van der Waals surface area contributed by atoms with Gasteiger partial charge in [-0.3, -0.25) is 0 Å². The fourth-order valence-corrected chi connectivity index (χ4v) is 6.55. The lowest BCUT2D eigenvalue weighted by Crippen LogP contribution is -2.39. The quantitative estimate of drug-likeness (QED) is 0.196. The summed E-state index contributed by atoms with van der Waals surface area (Å²) in [7, 11) is -1.61. The summed E-state index contributed by atoms with van der Waals surface area (Å²) >= 11 is 1.94. The highest BCUT2D eigenvalue weighted by atomic mass is 32.2. The van der Waals surface area contributed by atoms with Crippen molar-refractivity contribution in [1.29, 1.82) is 0 Å². The molecule has 1 saturated carbocycles. The van der Waals surface area contributed by atoms with E-state index in [0.29, 0.717) is 17.1 Å². The lowest BCUT2D eigenvalue weighted by atomic mass is 9.91. The molecule has 0 saturated heterocycles. The summed E-state index contributed by atoms with van der Waals surface area (Å²) in [5, 5.41) is 10.4. The smallest absolute Gasteiger partial charge is 0.184 e. The van der Waals surface area contributed by atoms with Gasteiger partial charge in [0.05, 0.1) is 0 Å². The summed E-state index contributed by atoms with van der Waals surface area (Å²) in [6, 6.07) is 10.7. The van der Waals surface area contributed by atoms with Gasteiger partial charge in [-0.05, 0) is 63.4 Å². The first kappa shape index (κ1) is 22.7. The van der Waals surface area contributed by atoms with E-state index in [1.54, 1.807) is 0 Å². The van der Waals surface area contributed by atoms with Crippen LogP contribution in [0.4, 0.5) is 0 Å². The molecule has 0 heterocycles. The summed E-state index contributed by atoms with van der Waals surface area (Å²) < 4.78 is 6.59. The zero-order valence-electron chi connectivity index (χ0n) is 17.6. The molecule has 0 aliphatic heterocycles. The van der Waals surface area contributed by atoms with E-state index < -0.39 is 8.32 Å². The van der Waals surface area contributed by atoms with Gasteiger partial charge in [0.25, 0.3) is 0 Å². The second-order valence-corrected chi connectivity index (χ2v) is 14.4. The second kappa shape index (κ2) is 11.4. The predicted octanol–water partition coefficient (Wildman–Crippen LogP) is 6.52. The molecule has 0 amide bonds. The topological polar surface area (TPSA) is 29.5 Å². The molecule has 4 unspecified atom stereocenters. The number of aliphatic hydroxyl groups excluding tert-OH is 1. The Kier molecular flexibility index (Phi) is 9.64. The van der Waals surface area contributed by atoms with E-state index in [4.69, 9.17) is 4.43 Å². The maximum atomic E-state index is 10.0. The van der Waals surface area contributed by atoms with Gasteiger partial charge in [-0.1, -0.05) is 50.1 Å². The van der Waals surface area contributed by atoms with Gasteiger partial charge < -0.3 is 9.53 Å². The standard InChI is InChI=1S/C23H38O2SSi/c1-5-6-7-8-12-15-22(26-20-13-10-9-11-14-20)23-19(18-24)16-17-21(23)25-27(2,3)4/h9-15,19,21-24H,5-8,16-18H2,1-4H3/b15-12+. The van der Waals surface area contributed by atoms with E-state index in [2.05, 4.69) is 69.0 Å². The molecule has 4 heteroatoms. The number of aliphatic hydroxyl groups is 1. The number of thioether (sulfide) groups is 1. The summed E-state index contributed by atoms with van der Waals surface area (Å²) in [5.74, 6) is 0.724. The van der Waals surface area contributed by atoms with Crippen molar-refractivity contribution in [1.82, 2.24) is 0 Å². The van der Waals surface area contributed by atoms with E-state index in [1.807, 2.05) is 11.8 Å². The molecule has 1 N–H and O–H groups in total. The Labute approximate surface area is 171 Å². The van der Waals surface area contributed by atoms with Crippen LogP contribution < -0.4 is 0 Å². The summed E-state index contributed by atoms with van der Waals surface area (Å²) in [6.45, 7) is 9.34. The van der Waals surface area contributed by atoms with Crippen LogP contribution in [-0.2, 0) is 4.43 Å².